The van der Waals surface area contributed by atoms with Crippen LogP contribution in [0.2, 0.25) is 0 Å². The second kappa shape index (κ2) is 14.8. The molecule has 1 amide bonds. The molecular formula is C25H36ClNO10S. The number of halogens is 1. The van der Waals surface area contributed by atoms with Crippen LogP contribution in [0.15, 0.2) is 34.4 Å². The van der Waals surface area contributed by atoms with Crippen LogP contribution in [-0.2, 0) is 38.7 Å². The van der Waals surface area contributed by atoms with Crippen molar-refractivity contribution in [3.63, 3.8) is 0 Å². The normalized spacial score (nSPS) is 29.1. The van der Waals surface area contributed by atoms with Crippen molar-refractivity contribution in [2.45, 2.75) is 89.8 Å². The summed E-state index contributed by atoms with van der Waals surface area (Å²) in [5, 5.41) is 13.9. The van der Waals surface area contributed by atoms with Crippen LogP contribution >= 0.6 is 11.6 Å². The average Bonchev–Trinajstić information content (AvgIpc) is 3.17. The number of esters is 2. The minimum Gasteiger partial charge on any atom is -0.459 e. The maximum absolute atomic E-state index is 12.8. The number of aliphatic hydroxyl groups excluding tert-OH is 1. The fourth-order valence-electron chi connectivity index (χ4n) is 4.21. The Bertz CT molecular complexity index is 1070. The van der Waals surface area contributed by atoms with Crippen molar-refractivity contribution in [1.29, 1.82) is 0 Å². The molecule has 0 aromatic rings. The second-order valence-electron chi connectivity index (χ2n) is 9.48. The van der Waals surface area contributed by atoms with Crippen LogP contribution in [0.5, 0.6) is 0 Å². The first-order valence-electron chi connectivity index (χ1n) is 12.3. The van der Waals surface area contributed by atoms with Crippen molar-refractivity contribution in [2.75, 3.05) is 12.3 Å². The van der Waals surface area contributed by atoms with E-state index in [-0.39, 0.29) is 25.5 Å². The second-order valence-corrected chi connectivity index (χ2v) is 11.5. The van der Waals surface area contributed by atoms with E-state index in [1.54, 1.807) is 13.8 Å². The van der Waals surface area contributed by atoms with Crippen LogP contribution in [0, 0.1) is 0 Å². The summed E-state index contributed by atoms with van der Waals surface area (Å²) in [6.07, 6.45) is 2.61. The predicted molar refractivity (Wildman–Crippen MR) is 139 cm³/mol. The molecule has 5 atom stereocenters. The minimum atomic E-state index is -4.19. The first-order valence-corrected chi connectivity index (χ1v) is 14.3. The van der Waals surface area contributed by atoms with Crippen molar-refractivity contribution in [3.8, 4) is 0 Å². The average molecular weight is 578 g/mol. The topological polar surface area (TPSA) is 166 Å². The summed E-state index contributed by atoms with van der Waals surface area (Å²) < 4.78 is 47.3. The van der Waals surface area contributed by atoms with Crippen LogP contribution in [0.25, 0.3) is 0 Å². The monoisotopic (exact) mass is 577 g/mol. The fourth-order valence-corrected chi connectivity index (χ4v) is 4.77. The zero-order valence-electron chi connectivity index (χ0n) is 21.7. The molecule has 0 aliphatic carbocycles. The van der Waals surface area contributed by atoms with Gasteiger partial charge in [0.2, 0.25) is 5.91 Å². The highest BCUT2D eigenvalue weighted by Gasteiger charge is 2.41. The van der Waals surface area contributed by atoms with Gasteiger partial charge in [0.05, 0.1) is 18.3 Å². The zero-order chi connectivity index (χ0) is 28.5. The number of aliphatic hydroxyl groups is 1. The molecule has 3 N–H and O–H groups in total. The van der Waals surface area contributed by atoms with E-state index in [0.29, 0.717) is 41.9 Å². The summed E-state index contributed by atoms with van der Waals surface area (Å²) >= 11 is 6.35. The Labute approximate surface area is 228 Å². The molecule has 1 fully saturated rings. The molecule has 0 aromatic carbocycles. The van der Waals surface area contributed by atoms with Crippen molar-refractivity contribution in [2.24, 2.45) is 0 Å². The predicted octanol–water partition coefficient (Wildman–Crippen LogP) is 2.33. The molecule has 2 heterocycles. The van der Waals surface area contributed by atoms with Gasteiger partial charge >= 0.3 is 11.9 Å². The van der Waals surface area contributed by atoms with Gasteiger partial charge in [-0.3, -0.25) is 18.9 Å². The van der Waals surface area contributed by atoms with E-state index in [2.05, 4.69) is 5.32 Å². The summed E-state index contributed by atoms with van der Waals surface area (Å²) in [5.41, 5.74) is 1.16. The number of rotatable bonds is 8. The Kier molecular flexibility index (Phi) is 12.4. The molecule has 0 radical (unpaired) electrons. The number of hydrogen-bond acceptors (Lipinski definition) is 9. The van der Waals surface area contributed by atoms with E-state index < -0.39 is 58.1 Å². The lowest BCUT2D eigenvalue weighted by Gasteiger charge is -2.24. The summed E-state index contributed by atoms with van der Waals surface area (Å²) in [5.74, 6) is -2.25. The molecule has 1 saturated heterocycles. The number of hydrogen-bond donors (Lipinski definition) is 3. The summed E-state index contributed by atoms with van der Waals surface area (Å²) in [6, 6.07) is 0. The molecule has 214 valence electrons. The van der Waals surface area contributed by atoms with E-state index in [9.17, 15) is 27.9 Å². The van der Waals surface area contributed by atoms with Crippen LogP contribution in [0.3, 0.4) is 0 Å². The Morgan fingerprint density at radius 3 is 2.68 bits per heavy atom. The van der Waals surface area contributed by atoms with Gasteiger partial charge in [-0.25, -0.2) is 0 Å². The molecule has 2 rings (SSSR count). The third-order valence-electron chi connectivity index (χ3n) is 6.06. The summed E-state index contributed by atoms with van der Waals surface area (Å²) in [7, 11) is -4.19. The Hall–Kier alpha value is -2.25. The zero-order valence-corrected chi connectivity index (χ0v) is 23.3. The molecule has 2 aliphatic rings. The van der Waals surface area contributed by atoms with E-state index in [4.69, 9.17) is 30.4 Å². The molecule has 13 heteroatoms. The maximum Gasteiger partial charge on any atom is 0.310 e. The Balaban J connectivity index is 2.14. The number of ether oxygens (including phenoxy) is 3. The molecule has 1 unspecified atom stereocenters. The molecule has 2 bridgehead atoms. The summed E-state index contributed by atoms with van der Waals surface area (Å²) in [4.78, 5) is 36.4. The molecule has 38 heavy (non-hydrogen) atoms. The fraction of sp³-hybridized carbons (Fsp3) is 0.640. The lowest BCUT2D eigenvalue weighted by Crippen LogP contribution is -2.37. The third kappa shape index (κ3) is 11.6. The van der Waals surface area contributed by atoms with Crippen molar-refractivity contribution >= 4 is 39.6 Å². The quantitative estimate of drug-likeness (QED) is 0.221. The standard InChI is InChI=1S/C25H36ClNO10S/c1-15(12-23(30)27-9-10-38(32,33)34)11-20(29)25-22-13-19(36-25)8-7-18(26)6-4-5-16(2)21(35-17(3)28)14-24(31)37-22/h5-6,11,19-22,25,29H,4,7-10,12-14H2,1-3H3,(H,27,30)(H,32,33,34)/b15-11+,16-5-,18-6-/t19-,20-,21-,22?,25-/m1/s1. The van der Waals surface area contributed by atoms with Gasteiger partial charge in [0.25, 0.3) is 10.1 Å². The van der Waals surface area contributed by atoms with E-state index in [0.717, 1.165) is 0 Å². The highest BCUT2D eigenvalue weighted by atomic mass is 35.5. The third-order valence-corrected chi connectivity index (χ3v) is 7.12. The first kappa shape index (κ1) is 32.0. The highest BCUT2D eigenvalue weighted by Crippen LogP contribution is 2.31. The number of fused-ring (bicyclic) bond motifs is 2. The number of amides is 1. The van der Waals surface area contributed by atoms with Crippen molar-refractivity contribution in [1.82, 2.24) is 5.32 Å². The van der Waals surface area contributed by atoms with Crippen molar-refractivity contribution < 1.29 is 46.7 Å². The van der Waals surface area contributed by atoms with Gasteiger partial charge in [0.1, 0.15) is 24.4 Å². The van der Waals surface area contributed by atoms with E-state index >= 15 is 0 Å². The van der Waals surface area contributed by atoms with E-state index in [1.807, 2.05) is 12.2 Å². The smallest absolute Gasteiger partial charge is 0.310 e. The van der Waals surface area contributed by atoms with Gasteiger partial charge in [-0.1, -0.05) is 35.4 Å². The number of nitrogens with one attached hydrogen (secondary N) is 1. The maximum atomic E-state index is 12.8. The highest BCUT2D eigenvalue weighted by molar-refractivity contribution is 7.85. The lowest BCUT2D eigenvalue weighted by molar-refractivity contribution is -0.159. The van der Waals surface area contributed by atoms with Crippen LogP contribution in [-0.4, -0.2) is 78.7 Å². The molecule has 0 aromatic heterocycles. The SMILES string of the molecule is CC(=O)O[C@@H]1CC(=O)OC2C[C@@H](CC/C(Cl)=C/C/C=C\1C)O[C@@H]2[C@H](O)/C=C(\C)CC(=O)NCCS(=O)(=O)O. The van der Waals surface area contributed by atoms with Gasteiger partial charge in [-0.15, -0.1) is 0 Å². The van der Waals surface area contributed by atoms with Gasteiger partial charge in [-0.2, -0.15) is 8.42 Å². The molecular weight excluding hydrogens is 542 g/mol. The molecule has 11 nitrogen and oxygen atoms in total. The van der Waals surface area contributed by atoms with Crippen LogP contribution in [0.1, 0.15) is 59.3 Å². The first-order chi connectivity index (χ1) is 17.7. The Morgan fingerprint density at radius 2 is 2.03 bits per heavy atom. The van der Waals surface area contributed by atoms with Crippen LogP contribution < -0.4 is 5.32 Å². The van der Waals surface area contributed by atoms with E-state index in [1.165, 1.54) is 13.0 Å². The van der Waals surface area contributed by atoms with Crippen molar-refractivity contribution in [3.05, 3.63) is 34.4 Å². The van der Waals surface area contributed by atoms with Gasteiger partial charge < -0.3 is 24.6 Å². The summed E-state index contributed by atoms with van der Waals surface area (Å²) in [6.45, 7) is 4.37. The number of allylic oxidation sites excluding steroid dienone is 3. The van der Waals surface area contributed by atoms with Crippen LogP contribution in [0.4, 0.5) is 0 Å². The van der Waals surface area contributed by atoms with Gasteiger partial charge in [0.15, 0.2) is 0 Å². The van der Waals surface area contributed by atoms with Gasteiger partial charge in [-0.05, 0) is 38.7 Å². The molecule has 0 spiro atoms. The number of carbonyl (C=O) groups excluding carboxylic acids is 3. The largest absolute Gasteiger partial charge is 0.459 e. The molecule has 0 saturated carbocycles. The minimum absolute atomic E-state index is 0.126. The number of carbonyl (C=O) groups is 3. The lowest BCUT2D eigenvalue weighted by atomic mass is 10.0. The Morgan fingerprint density at radius 1 is 1.32 bits per heavy atom. The molecule has 2 aliphatic heterocycles. The van der Waals surface area contributed by atoms with Gasteiger partial charge in [0, 0.05) is 31.3 Å².